The maximum Gasteiger partial charge on any atom is 0.247 e. The molecule has 3 atom stereocenters. The lowest BCUT2D eigenvalue weighted by atomic mass is 9.30. The molecule has 2 nitrogen and oxygen atoms in total. The highest BCUT2D eigenvalue weighted by Gasteiger charge is 2.47. The van der Waals surface area contributed by atoms with Crippen molar-refractivity contribution >= 4 is 40.4 Å². The Morgan fingerprint density at radius 1 is 0.674 bits per heavy atom. The predicted molar refractivity (Wildman–Crippen MR) is 187 cm³/mol. The number of allylic oxidation sites excluding steroid dienone is 7. The molecule has 0 spiro atoms. The van der Waals surface area contributed by atoms with E-state index < -0.39 is 0 Å². The summed E-state index contributed by atoms with van der Waals surface area (Å²) in [6.45, 7) is 23.5. The van der Waals surface area contributed by atoms with Gasteiger partial charge in [-0.2, -0.15) is 0 Å². The molecule has 2 aliphatic heterocycles. The molecule has 4 aliphatic rings. The molecular formula is C40H45BN2. The number of nitrogens with zero attached hydrogens (tertiary/aromatic N) is 2. The molecule has 0 amide bonds. The van der Waals surface area contributed by atoms with Crippen molar-refractivity contribution in [1.29, 1.82) is 0 Å². The number of anilines is 4. The van der Waals surface area contributed by atoms with Crippen LogP contribution in [0.1, 0.15) is 70.2 Å². The molecule has 218 valence electrons. The highest BCUT2D eigenvalue weighted by molar-refractivity contribution is 6.95. The monoisotopic (exact) mass is 564 g/mol. The third-order valence-electron chi connectivity index (χ3n) is 11.5. The summed E-state index contributed by atoms with van der Waals surface area (Å²) < 4.78 is 0. The fourth-order valence-electron chi connectivity index (χ4n) is 8.03. The van der Waals surface area contributed by atoms with E-state index in [-0.39, 0.29) is 6.71 Å². The van der Waals surface area contributed by atoms with Gasteiger partial charge in [-0.25, -0.2) is 0 Å². The summed E-state index contributed by atoms with van der Waals surface area (Å²) in [5.74, 6) is 1.48. The standard InChI is InChI=1S/C40H45BN2/c1-22-14-15-32(16-23(22)2)42-35-12-11-13-36-40(35)41(34-19-24(3)25(4)20-37(34)42)39-31(10)30(9)28(7)21-38(39)43(36)33-17-26(5)29(8)27(6)18-33/h11-17,19-21,27,30-31H,18H2,1-10H3. The Bertz CT molecular complexity index is 1830. The Morgan fingerprint density at radius 3 is 2.05 bits per heavy atom. The highest BCUT2D eigenvalue weighted by atomic mass is 15.2. The molecule has 0 aromatic heterocycles. The lowest BCUT2D eigenvalue weighted by Crippen LogP contribution is -2.58. The van der Waals surface area contributed by atoms with E-state index in [1.807, 2.05) is 0 Å². The second-order valence-electron chi connectivity index (χ2n) is 14.0. The maximum atomic E-state index is 2.66. The average molecular weight is 565 g/mol. The predicted octanol–water partition coefficient (Wildman–Crippen LogP) is 9.42. The molecule has 3 heteroatoms. The normalized spacial score (nSPS) is 22.7. The minimum atomic E-state index is 0.233. The zero-order valence-corrected chi connectivity index (χ0v) is 27.7. The molecule has 3 aromatic carbocycles. The topological polar surface area (TPSA) is 6.48 Å². The first-order chi connectivity index (χ1) is 20.5. The van der Waals surface area contributed by atoms with Crippen molar-refractivity contribution in [1.82, 2.24) is 0 Å². The van der Waals surface area contributed by atoms with Crippen molar-refractivity contribution in [2.75, 3.05) is 9.80 Å². The lowest BCUT2D eigenvalue weighted by Gasteiger charge is -2.49. The van der Waals surface area contributed by atoms with Crippen LogP contribution in [-0.2, 0) is 0 Å². The molecule has 3 unspecified atom stereocenters. The third kappa shape index (κ3) is 4.07. The van der Waals surface area contributed by atoms with Gasteiger partial charge in [-0.15, -0.1) is 0 Å². The van der Waals surface area contributed by atoms with Crippen LogP contribution < -0.4 is 20.7 Å². The first kappa shape index (κ1) is 28.1. The van der Waals surface area contributed by atoms with Crippen LogP contribution in [-0.4, -0.2) is 6.71 Å². The van der Waals surface area contributed by atoms with Gasteiger partial charge in [0, 0.05) is 34.1 Å². The van der Waals surface area contributed by atoms with Gasteiger partial charge in [0.1, 0.15) is 0 Å². The van der Waals surface area contributed by atoms with Crippen LogP contribution in [0.3, 0.4) is 0 Å². The van der Waals surface area contributed by atoms with Crippen molar-refractivity contribution in [2.45, 2.75) is 75.7 Å². The quantitative estimate of drug-likeness (QED) is 0.286. The lowest BCUT2D eigenvalue weighted by molar-refractivity contribution is 0.505. The van der Waals surface area contributed by atoms with Crippen molar-refractivity contribution in [3.8, 4) is 0 Å². The molecule has 2 heterocycles. The molecule has 3 aromatic rings. The average Bonchev–Trinajstić information content (AvgIpc) is 2.97. The Morgan fingerprint density at radius 2 is 1.35 bits per heavy atom. The van der Waals surface area contributed by atoms with Crippen LogP contribution in [0.15, 0.2) is 94.3 Å². The fraction of sp³-hybridized carbons (Fsp3) is 0.350. The molecule has 2 aliphatic carbocycles. The first-order valence-electron chi connectivity index (χ1n) is 16.2. The smallest absolute Gasteiger partial charge is 0.247 e. The van der Waals surface area contributed by atoms with Gasteiger partial charge in [0.25, 0.3) is 0 Å². The van der Waals surface area contributed by atoms with E-state index in [2.05, 4.69) is 140 Å². The molecule has 0 saturated heterocycles. The zero-order chi connectivity index (χ0) is 30.5. The van der Waals surface area contributed by atoms with Crippen LogP contribution in [0.2, 0.25) is 0 Å². The third-order valence-corrected chi connectivity index (χ3v) is 11.5. The van der Waals surface area contributed by atoms with Crippen LogP contribution in [0, 0.1) is 45.4 Å². The first-order valence-corrected chi connectivity index (χ1v) is 16.2. The largest absolute Gasteiger partial charge is 0.315 e. The van der Waals surface area contributed by atoms with E-state index in [9.17, 15) is 0 Å². The Kier molecular flexibility index (Phi) is 6.47. The Hall–Kier alpha value is -3.72. The van der Waals surface area contributed by atoms with Crippen molar-refractivity contribution < 1.29 is 0 Å². The molecule has 0 radical (unpaired) electrons. The minimum absolute atomic E-state index is 0.233. The minimum Gasteiger partial charge on any atom is -0.315 e. The number of aryl methyl sites for hydroxylation is 4. The summed E-state index contributed by atoms with van der Waals surface area (Å²) in [7, 11) is 0. The number of hydrogen-bond donors (Lipinski definition) is 0. The van der Waals surface area contributed by atoms with E-state index in [0.29, 0.717) is 17.8 Å². The van der Waals surface area contributed by atoms with E-state index in [1.165, 1.54) is 84.0 Å². The SMILES string of the molecule is CC1=CC2=C(B3c4cc(C)c(C)cc4N(c4ccc(C)c(C)c4)c4cccc(c43)N2C2=CC(C)=C(C)C(C)C2)C(C)C1C. The van der Waals surface area contributed by atoms with Gasteiger partial charge in [0.05, 0.1) is 0 Å². The van der Waals surface area contributed by atoms with Crippen molar-refractivity contribution in [2.24, 2.45) is 17.8 Å². The molecule has 0 bridgehead atoms. The van der Waals surface area contributed by atoms with Gasteiger partial charge < -0.3 is 9.80 Å². The maximum absolute atomic E-state index is 2.66. The second kappa shape index (κ2) is 9.91. The van der Waals surface area contributed by atoms with Crippen molar-refractivity contribution in [3.63, 3.8) is 0 Å². The van der Waals surface area contributed by atoms with Crippen LogP contribution >= 0.6 is 0 Å². The highest BCUT2D eigenvalue weighted by Crippen LogP contribution is 2.49. The second-order valence-corrected chi connectivity index (χ2v) is 14.0. The van der Waals surface area contributed by atoms with Gasteiger partial charge in [0.2, 0.25) is 6.71 Å². The van der Waals surface area contributed by atoms with Gasteiger partial charge >= 0.3 is 0 Å². The number of hydrogen-bond acceptors (Lipinski definition) is 2. The molecule has 7 rings (SSSR count). The van der Waals surface area contributed by atoms with E-state index >= 15 is 0 Å². The van der Waals surface area contributed by atoms with Crippen molar-refractivity contribution in [3.05, 3.63) is 117 Å². The molecule has 0 saturated carbocycles. The number of fused-ring (bicyclic) bond motifs is 3. The fourth-order valence-corrected chi connectivity index (χ4v) is 8.03. The molecule has 0 fully saturated rings. The van der Waals surface area contributed by atoms with Crippen LogP contribution in [0.5, 0.6) is 0 Å². The molecule has 0 N–H and O–H groups in total. The van der Waals surface area contributed by atoms with Gasteiger partial charge in [0.15, 0.2) is 0 Å². The number of rotatable bonds is 2. The van der Waals surface area contributed by atoms with Gasteiger partial charge in [-0.3, -0.25) is 0 Å². The van der Waals surface area contributed by atoms with Gasteiger partial charge in [-0.05, 0) is 148 Å². The summed E-state index contributed by atoms with van der Waals surface area (Å²) in [4.78, 5) is 5.21. The summed E-state index contributed by atoms with van der Waals surface area (Å²) >= 11 is 0. The number of benzene rings is 3. The summed E-state index contributed by atoms with van der Waals surface area (Å²) in [5.41, 5.74) is 22.3. The van der Waals surface area contributed by atoms with E-state index in [1.54, 1.807) is 5.47 Å². The summed E-state index contributed by atoms with van der Waals surface area (Å²) in [6, 6.07) is 19.0. The Balaban J connectivity index is 1.58. The van der Waals surface area contributed by atoms with Crippen LogP contribution in [0.25, 0.3) is 0 Å². The van der Waals surface area contributed by atoms with Gasteiger partial charge in [-0.1, -0.05) is 61.2 Å². The van der Waals surface area contributed by atoms with E-state index in [4.69, 9.17) is 0 Å². The zero-order valence-electron chi connectivity index (χ0n) is 27.7. The summed E-state index contributed by atoms with van der Waals surface area (Å²) in [5, 5.41) is 0. The molecular weight excluding hydrogens is 519 g/mol. The van der Waals surface area contributed by atoms with E-state index in [0.717, 1.165) is 6.42 Å². The Labute approximate surface area is 259 Å². The summed E-state index contributed by atoms with van der Waals surface area (Å²) in [6.07, 6.45) is 6.05. The molecule has 43 heavy (non-hydrogen) atoms. The van der Waals surface area contributed by atoms with Crippen LogP contribution in [0.4, 0.5) is 22.7 Å².